The summed E-state index contributed by atoms with van der Waals surface area (Å²) in [5.41, 5.74) is 0.996. The lowest BCUT2D eigenvalue weighted by Crippen LogP contribution is -2.54. The van der Waals surface area contributed by atoms with Crippen LogP contribution in [-0.2, 0) is 30.3 Å². The van der Waals surface area contributed by atoms with Gasteiger partial charge in [0, 0.05) is 6.42 Å². The Morgan fingerprint density at radius 3 is 2.59 bits per heavy atom. The van der Waals surface area contributed by atoms with Crippen molar-refractivity contribution in [1.82, 2.24) is 10.2 Å². The van der Waals surface area contributed by atoms with Crippen LogP contribution in [0.5, 0.6) is 0 Å². The molecule has 1 atom stereocenters. The first kappa shape index (κ1) is 19.2. The molecule has 0 saturated carbocycles. The molecular formula is C17H18N2O7S. The first-order chi connectivity index (χ1) is 12.7. The number of imide groups is 2. The molecule has 27 heavy (non-hydrogen) atoms. The monoisotopic (exact) mass is 394 g/mol. The zero-order chi connectivity index (χ0) is 19.8. The fourth-order valence-electron chi connectivity index (χ4n) is 3.27. The number of piperidine rings is 1. The number of rotatable bonds is 6. The van der Waals surface area contributed by atoms with E-state index in [1.807, 2.05) is 0 Å². The zero-order valence-electron chi connectivity index (χ0n) is 14.6. The molecule has 1 aromatic rings. The third kappa shape index (κ3) is 3.91. The molecule has 1 saturated heterocycles. The summed E-state index contributed by atoms with van der Waals surface area (Å²) in [7, 11) is -3.54. The van der Waals surface area contributed by atoms with Gasteiger partial charge in [-0.2, -0.15) is 8.42 Å². The molecule has 0 aliphatic carbocycles. The summed E-state index contributed by atoms with van der Waals surface area (Å²) in [5, 5.41) is 2.15. The van der Waals surface area contributed by atoms with E-state index in [1.54, 1.807) is 12.1 Å². The van der Waals surface area contributed by atoms with Gasteiger partial charge in [-0.1, -0.05) is 12.1 Å². The lowest BCUT2D eigenvalue weighted by atomic mass is 9.99. The molecule has 0 spiro atoms. The van der Waals surface area contributed by atoms with Gasteiger partial charge in [0.25, 0.3) is 21.9 Å². The van der Waals surface area contributed by atoms with Crippen LogP contribution in [0.3, 0.4) is 0 Å². The Hall–Kier alpha value is -2.59. The summed E-state index contributed by atoms with van der Waals surface area (Å²) in [6.07, 6.45) is 1.77. The van der Waals surface area contributed by atoms with Crippen molar-refractivity contribution in [3.8, 4) is 0 Å². The highest BCUT2D eigenvalue weighted by Gasteiger charge is 2.45. The minimum atomic E-state index is -3.54. The molecule has 9 nitrogen and oxygen atoms in total. The summed E-state index contributed by atoms with van der Waals surface area (Å²) in [5.74, 6) is -2.24. The van der Waals surface area contributed by atoms with Crippen LogP contribution in [0.1, 0.15) is 45.5 Å². The van der Waals surface area contributed by atoms with Gasteiger partial charge in [0.05, 0.1) is 24.0 Å². The minimum Gasteiger partial charge on any atom is -0.295 e. The fraction of sp³-hybridized carbons (Fsp3) is 0.412. The molecule has 1 fully saturated rings. The molecule has 2 heterocycles. The Bertz CT molecular complexity index is 939. The number of carbonyl (C=O) groups excluding carboxylic acids is 4. The van der Waals surface area contributed by atoms with Crippen molar-refractivity contribution < 1.29 is 31.8 Å². The van der Waals surface area contributed by atoms with Gasteiger partial charge in [-0.3, -0.25) is 33.6 Å². The molecule has 1 unspecified atom stereocenters. The minimum absolute atomic E-state index is 0.0402. The van der Waals surface area contributed by atoms with Crippen molar-refractivity contribution in [1.29, 1.82) is 0 Å². The second kappa shape index (κ2) is 7.20. The van der Waals surface area contributed by atoms with E-state index in [2.05, 4.69) is 9.50 Å². The SMILES string of the molecule is CS(=O)(=O)OCCCc1cccc2c1C(=O)N(C1CCC(=O)NC1=O)C2=O. The number of carbonyl (C=O) groups is 4. The number of hydrogen-bond donors (Lipinski definition) is 1. The Kier molecular flexibility index (Phi) is 5.11. The van der Waals surface area contributed by atoms with E-state index in [-0.39, 0.29) is 30.6 Å². The van der Waals surface area contributed by atoms with Gasteiger partial charge < -0.3 is 0 Å². The quantitative estimate of drug-likeness (QED) is 0.409. The second-order valence-corrected chi connectivity index (χ2v) is 8.06. The van der Waals surface area contributed by atoms with E-state index < -0.39 is 39.8 Å². The Balaban J connectivity index is 1.80. The van der Waals surface area contributed by atoms with Gasteiger partial charge >= 0.3 is 0 Å². The maximum atomic E-state index is 12.9. The van der Waals surface area contributed by atoms with Crippen LogP contribution in [0.2, 0.25) is 0 Å². The van der Waals surface area contributed by atoms with Gasteiger partial charge in [0.2, 0.25) is 11.8 Å². The molecular weight excluding hydrogens is 376 g/mol. The van der Waals surface area contributed by atoms with Gasteiger partial charge in [0.1, 0.15) is 6.04 Å². The van der Waals surface area contributed by atoms with E-state index >= 15 is 0 Å². The molecule has 1 N–H and O–H groups in total. The highest BCUT2D eigenvalue weighted by atomic mass is 32.2. The van der Waals surface area contributed by atoms with Crippen LogP contribution < -0.4 is 5.32 Å². The van der Waals surface area contributed by atoms with Crippen LogP contribution in [-0.4, -0.2) is 55.9 Å². The number of amides is 4. The number of nitrogens with zero attached hydrogens (tertiary/aromatic N) is 1. The number of fused-ring (bicyclic) bond motifs is 1. The summed E-state index contributed by atoms with van der Waals surface area (Å²) in [4.78, 5) is 49.8. The predicted molar refractivity (Wildman–Crippen MR) is 92.2 cm³/mol. The molecule has 1 aromatic carbocycles. The van der Waals surface area contributed by atoms with Gasteiger partial charge in [-0.05, 0) is 30.9 Å². The first-order valence-electron chi connectivity index (χ1n) is 8.37. The first-order valence-corrected chi connectivity index (χ1v) is 10.2. The number of aryl methyl sites for hydroxylation is 1. The van der Waals surface area contributed by atoms with E-state index in [0.717, 1.165) is 11.2 Å². The van der Waals surface area contributed by atoms with Crippen molar-refractivity contribution in [2.45, 2.75) is 31.7 Å². The molecule has 4 amide bonds. The number of hydrogen-bond acceptors (Lipinski definition) is 7. The summed E-state index contributed by atoms with van der Waals surface area (Å²) >= 11 is 0. The van der Waals surface area contributed by atoms with Crippen LogP contribution >= 0.6 is 0 Å². The van der Waals surface area contributed by atoms with Crippen molar-refractivity contribution in [3.63, 3.8) is 0 Å². The highest BCUT2D eigenvalue weighted by Crippen LogP contribution is 2.30. The maximum Gasteiger partial charge on any atom is 0.264 e. The molecule has 0 aromatic heterocycles. The molecule has 3 rings (SSSR count). The summed E-state index contributed by atoms with van der Waals surface area (Å²) in [6.45, 7) is -0.0402. The average Bonchev–Trinajstić information content (AvgIpc) is 2.83. The van der Waals surface area contributed by atoms with Crippen LogP contribution in [0.15, 0.2) is 18.2 Å². The van der Waals surface area contributed by atoms with Crippen molar-refractivity contribution >= 4 is 33.7 Å². The normalized spacial score (nSPS) is 20.0. The lowest BCUT2D eigenvalue weighted by Gasteiger charge is -2.27. The standard InChI is InChI=1S/C17H18N2O7S/c1-27(24,25)26-9-3-5-10-4-2-6-11-14(10)17(23)19(16(11)22)12-7-8-13(20)18-15(12)21/h2,4,6,12H,3,5,7-9H2,1H3,(H,18,20,21). The Morgan fingerprint density at radius 2 is 1.93 bits per heavy atom. The molecule has 0 bridgehead atoms. The van der Waals surface area contributed by atoms with Crippen LogP contribution in [0.25, 0.3) is 0 Å². The second-order valence-electron chi connectivity index (χ2n) is 6.42. The highest BCUT2D eigenvalue weighted by molar-refractivity contribution is 7.85. The lowest BCUT2D eigenvalue weighted by molar-refractivity contribution is -0.136. The smallest absolute Gasteiger partial charge is 0.264 e. The summed E-state index contributed by atoms with van der Waals surface area (Å²) in [6, 6.07) is 3.80. The van der Waals surface area contributed by atoms with Crippen molar-refractivity contribution in [2.24, 2.45) is 0 Å². The molecule has 2 aliphatic rings. The summed E-state index contributed by atoms with van der Waals surface area (Å²) < 4.78 is 26.7. The van der Waals surface area contributed by atoms with E-state index in [0.29, 0.717) is 18.4 Å². The average molecular weight is 394 g/mol. The predicted octanol–water partition coefficient (Wildman–Crippen LogP) is -0.00340. The topological polar surface area (TPSA) is 127 Å². The van der Waals surface area contributed by atoms with Crippen molar-refractivity contribution in [3.05, 3.63) is 34.9 Å². The Morgan fingerprint density at radius 1 is 1.19 bits per heavy atom. The van der Waals surface area contributed by atoms with Crippen LogP contribution in [0.4, 0.5) is 0 Å². The molecule has 144 valence electrons. The largest absolute Gasteiger partial charge is 0.295 e. The number of benzene rings is 1. The number of nitrogens with one attached hydrogen (secondary N) is 1. The van der Waals surface area contributed by atoms with E-state index in [4.69, 9.17) is 0 Å². The van der Waals surface area contributed by atoms with Gasteiger partial charge in [0.15, 0.2) is 0 Å². The molecule has 2 aliphatic heterocycles. The molecule has 10 heteroatoms. The third-order valence-electron chi connectivity index (χ3n) is 4.44. The maximum absolute atomic E-state index is 12.9. The van der Waals surface area contributed by atoms with Gasteiger partial charge in [-0.15, -0.1) is 0 Å². The third-order valence-corrected chi connectivity index (χ3v) is 5.04. The van der Waals surface area contributed by atoms with Crippen molar-refractivity contribution in [2.75, 3.05) is 12.9 Å². The zero-order valence-corrected chi connectivity index (χ0v) is 15.4. The fourth-order valence-corrected chi connectivity index (χ4v) is 3.69. The van der Waals surface area contributed by atoms with Crippen LogP contribution in [0, 0.1) is 0 Å². The van der Waals surface area contributed by atoms with E-state index in [9.17, 15) is 27.6 Å². The van der Waals surface area contributed by atoms with E-state index in [1.165, 1.54) is 6.07 Å². The van der Waals surface area contributed by atoms with Gasteiger partial charge in [-0.25, -0.2) is 0 Å². The Labute approximate surface area is 155 Å². The molecule has 0 radical (unpaired) electrons.